The summed E-state index contributed by atoms with van der Waals surface area (Å²) in [4.78, 5) is 16.6. The summed E-state index contributed by atoms with van der Waals surface area (Å²) < 4.78 is 22.1. The second kappa shape index (κ2) is 9.03. The Kier molecular flexibility index (Phi) is 6.02. The van der Waals surface area contributed by atoms with Gasteiger partial charge in [0.2, 0.25) is 0 Å². The van der Waals surface area contributed by atoms with E-state index in [2.05, 4.69) is 15.6 Å². The van der Waals surface area contributed by atoms with Gasteiger partial charge in [-0.3, -0.25) is 4.79 Å². The van der Waals surface area contributed by atoms with Crippen LogP contribution in [-0.2, 0) is 16.0 Å². The first-order valence-corrected chi connectivity index (χ1v) is 9.88. The highest BCUT2D eigenvalue weighted by Crippen LogP contribution is 2.23. The van der Waals surface area contributed by atoms with Crippen LogP contribution in [0.2, 0.25) is 0 Å². The van der Waals surface area contributed by atoms with Crippen LogP contribution in [0, 0.1) is 17.1 Å². The zero-order valence-corrected chi connectivity index (χ0v) is 16.3. The fourth-order valence-electron chi connectivity index (χ4n) is 3.48. The fourth-order valence-corrected chi connectivity index (χ4v) is 3.48. The Hall–Kier alpha value is -3.28. The lowest BCUT2D eigenvalue weighted by Gasteiger charge is -2.18. The molecule has 8 heteroatoms. The van der Waals surface area contributed by atoms with Gasteiger partial charge in [-0.05, 0) is 47.9 Å². The van der Waals surface area contributed by atoms with Crippen LogP contribution in [0.1, 0.15) is 12.0 Å². The highest BCUT2D eigenvalue weighted by atomic mass is 19.1. The molecular weight excluding hydrogens is 385 g/mol. The van der Waals surface area contributed by atoms with Gasteiger partial charge >= 0.3 is 0 Å². The summed E-state index contributed by atoms with van der Waals surface area (Å²) in [6.07, 6.45) is 5.68. The molecule has 154 valence electrons. The molecule has 7 nitrogen and oxygen atoms in total. The van der Waals surface area contributed by atoms with Crippen molar-refractivity contribution < 1.29 is 13.9 Å². The van der Waals surface area contributed by atoms with Gasteiger partial charge in [0.1, 0.15) is 23.6 Å². The molecule has 2 atom stereocenters. The lowest BCUT2D eigenvalue weighted by atomic mass is 10.0. The Morgan fingerprint density at radius 1 is 1.37 bits per heavy atom. The number of nitrogens with zero attached hydrogens (tertiary/aromatic N) is 3. The number of hydrogen-bond acceptors (Lipinski definition) is 5. The molecule has 1 aliphatic rings. The van der Waals surface area contributed by atoms with Gasteiger partial charge in [0.05, 0.1) is 6.07 Å². The van der Waals surface area contributed by atoms with E-state index in [0.29, 0.717) is 18.7 Å². The number of ether oxygens (including phenoxy) is 1. The number of pyridine rings is 1. The molecule has 30 heavy (non-hydrogen) atoms. The van der Waals surface area contributed by atoms with Crippen molar-refractivity contribution in [1.82, 2.24) is 20.0 Å². The second-order valence-corrected chi connectivity index (χ2v) is 7.23. The lowest BCUT2D eigenvalue weighted by Crippen LogP contribution is -2.46. The summed E-state index contributed by atoms with van der Waals surface area (Å²) in [5, 5.41) is 15.2. The van der Waals surface area contributed by atoms with Crippen molar-refractivity contribution in [2.75, 3.05) is 19.7 Å². The number of rotatable bonds is 5. The zero-order valence-electron chi connectivity index (χ0n) is 16.3. The number of hydrogen-bond donors (Lipinski definition) is 2. The van der Waals surface area contributed by atoms with Crippen molar-refractivity contribution in [2.24, 2.45) is 0 Å². The summed E-state index contributed by atoms with van der Waals surface area (Å²) in [5.74, 6) is -0.779. The Balaban J connectivity index is 1.45. The number of nitriles is 1. The first kappa shape index (κ1) is 20.0. The highest BCUT2D eigenvalue weighted by molar-refractivity contribution is 5.81. The maximum Gasteiger partial charge on any atom is 0.251 e. The van der Waals surface area contributed by atoms with Crippen molar-refractivity contribution >= 4 is 11.6 Å². The third-order valence-electron chi connectivity index (χ3n) is 5.12. The van der Waals surface area contributed by atoms with E-state index in [9.17, 15) is 14.4 Å². The molecule has 0 spiro atoms. The molecule has 0 bridgehead atoms. The van der Waals surface area contributed by atoms with Crippen LogP contribution in [0.15, 0.2) is 48.9 Å². The number of amides is 1. The maximum atomic E-state index is 14.8. The van der Waals surface area contributed by atoms with E-state index < -0.39 is 18.0 Å². The van der Waals surface area contributed by atoms with E-state index in [1.165, 1.54) is 6.07 Å². The first-order chi connectivity index (χ1) is 14.6. The van der Waals surface area contributed by atoms with Gasteiger partial charge in [-0.25, -0.2) is 9.37 Å². The molecule has 0 saturated carbocycles. The third kappa shape index (κ3) is 4.48. The summed E-state index contributed by atoms with van der Waals surface area (Å²) in [6, 6.07) is 9.88. The molecular formula is C22H22FN5O2. The predicted molar refractivity (Wildman–Crippen MR) is 109 cm³/mol. The monoisotopic (exact) mass is 407 g/mol. The molecule has 3 heterocycles. The third-order valence-corrected chi connectivity index (χ3v) is 5.12. The molecule has 1 fully saturated rings. The van der Waals surface area contributed by atoms with Crippen molar-refractivity contribution in [2.45, 2.75) is 25.0 Å². The largest absolute Gasteiger partial charge is 0.367 e. The van der Waals surface area contributed by atoms with Crippen LogP contribution >= 0.6 is 0 Å². The molecule has 1 aliphatic heterocycles. The van der Waals surface area contributed by atoms with Crippen molar-refractivity contribution in [3.05, 3.63) is 60.3 Å². The summed E-state index contributed by atoms with van der Waals surface area (Å²) in [7, 11) is 0. The number of fused-ring (bicyclic) bond motifs is 1. The number of carbonyl (C=O) groups is 1. The van der Waals surface area contributed by atoms with Crippen LogP contribution in [0.3, 0.4) is 0 Å². The van der Waals surface area contributed by atoms with Gasteiger partial charge in [-0.15, -0.1) is 0 Å². The maximum absolute atomic E-state index is 14.8. The Labute approximate surface area is 173 Å². The van der Waals surface area contributed by atoms with E-state index in [4.69, 9.17) is 4.74 Å². The van der Waals surface area contributed by atoms with Gasteiger partial charge in [0, 0.05) is 38.2 Å². The lowest BCUT2D eigenvalue weighted by molar-refractivity contribution is -0.132. The highest BCUT2D eigenvalue weighted by Gasteiger charge is 2.24. The number of carbonyl (C=O) groups excluding carboxylic acids is 1. The normalized spacial score (nSPS) is 17.8. The van der Waals surface area contributed by atoms with Crippen LogP contribution in [0.4, 0.5) is 4.39 Å². The minimum absolute atomic E-state index is 0.0772. The molecule has 0 aliphatic carbocycles. The number of imidazole rings is 1. The number of nitrogens with one attached hydrogen (secondary N) is 2. The van der Waals surface area contributed by atoms with E-state index in [1.807, 2.05) is 41.1 Å². The van der Waals surface area contributed by atoms with E-state index in [1.54, 1.807) is 12.3 Å². The summed E-state index contributed by atoms with van der Waals surface area (Å²) in [6.45, 7) is 1.67. The van der Waals surface area contributed by atoms with Gasteiger partial charge in [-0.1, -0.05) is 12.1 Å². The fraction of sp³-hybridized carbons (Fsp3) is 0.318. The molecule has 1 saturated heterocycles. The molecule has 1 amide bonds. The average molecular weight is 407 g/mol. The molecule has 3 aromatic rings. The second-order valence-electron chi connectivity index (χ2n) is 7.23. The van der Waals surface area contributed by atoms with Gasteiger partial charge in [0.15, 0.2) is 0 Å². The molecule has 2 N–H and O–H groups in total. The molecule has 2 aromatic heterocycles. The van der Waals surface area contributed by atoms with E-state index >= 15 is 0 Å². The van der Waals surface area contributed by atoms with Gasteiger partial charge in [-0.2, -0.15) is 5.26 Å². The minimum Gasteiger partial charge on any atom is -0.367 e. The SMILES string of the molecule is N#C[C@H](Cc1ccc(-c2ccn3ccnc3c2)cc1F)NC(=O)[C@@H]1CNCCCO1. The number of aromatic nitrogens is 2. The van der Waals surface area contributed by atoms with Crippen LogP contribution in [0.25, 0.3) is 16.8 Å². The molecule has 0 radical (unpaired) electrons. The molecule has 1 aromatic carbocycles. The Morgan fingerprint density at radius 2 is 2.23 bits per heavy atom. The Bertz CT molecular complexity index is 1080. The number of benzene rings is 1. The molecule has 4 rings (SSSR count). The number of halogens is 1. The van der Waals surface area contributed by atoms with E-state index in [0.717, 1.165) is 29.7 Å². The van der Waals surface area contributed by atoms with Gasteiger partial charge in [0.25, 0.3) is 5.91 Å². The standard InChI is InChI=1S/C22H22FN5O2/c23-19-11-15(16-4-7-28-8-6-26-21(28)12-16)2-3-17(19)10-18(13-24)27-22(29)20-14-25-5-1-9-30-20/h2-4,6-8,11-12,18,20,25H,1,5,9-10,14H2,(H,27,29)/t18-,20-/m0/s1. The van der Waals surface area contributed by atoms with E-state index in [-0.39, 0.29) is 12.3 Å². The van der Waals surface area contributed by atoms with Crippen molar-refractivity contribution in [3.8, 4) is 17.2 Å². The smallest absolute Gasteiger partial charge is 0.251 e. The van der Waals surface area contributed by atoms with Crippen molar-refractivity contribution in [3.63, 3.8) is 0 Å². The Morgan fingerprint density at radius 3 is 3.07 bits per heavy atom. The van der Waals surface area contributed by atoms with Crippen LogP contribution < -0.4 is 10.6 Å². The molecule has 0 unspecified atom stereocenters. The van der Waals surface area contributed by atoms with Crippen molar-refractivity contribution in [1.29, 1.82) is 5.26 Å². The van der Waals surface area contributed by atoms with Crippen LogP contribution in [-0.4, -0.2) is 47.1 Å². The minimum atomic E-state index is -0.842. The van der Waals surface area contributed by atoms with Gasteiger partial charge < -0.3 is 19.8 Å². The van der Waals surface area contributed by atoms with Crippen LogP contribution in [0.5, 0.6) is 0 Å². The predicted octanol–water partition coefficient (Wildman–Crippen LogP) is 2.07. The quantitative estimate of drug-likeness (QED) is 0.676. The first-order valence-electron chi connectivity index (χ1n) is 9.88. The zero-order chi connectivity index (χ0) is 20.9. The topological polar surface area (TPSA) is 91.5 Å². The summed E-state index contributed by atoms with van der Waals surface area (Å²) >= 11 is 0. The average Bonchev–Trinajstić information content (AvgIpc) is 3.05. The summed E-state index contributed by atoms with van der Waals surface area (Å²) in [5.41, 5.74) is 2.71.